The van der Waals surface area contributed by atoms with Crippen molar-refractivity contribution in [1.82, 2.24) is 4.90 Å². The molecule has 1 aliphatic heterocycles. The number of nitrogens with zero attached hydrogens (tertiary/aromatic N) is 1. The number of carboxylic acids is 1. The summed E-state index contributed by atoms with van der Waals surface area (Å²) in [5, 5.41) is 9.92. The number of hydrogen-bond acceptors (Lipinski definition) is 2. The zero-order valence-corrected chi connectivity index (χ0v) is 15.8. The Morgan fingerprint density at radius 3 is 2.64 bits per heavy atom. The molecule has 0 bridgehead atoms. The van der Waals surface area contributed by atoms with Crippen molar-refractivity contribution in [3.8, 4) is 0 Å². The maximum Gasteiger partial charge on any atom is 0.306 e. The summed E-state index contributed by atoms with van der Waals surface area (Å²) in [6.45, 7) is 5.00. The minimum absolute atomic E-state index is 0.184. The lowest BCUT2D eigenvalue weighted by Crippen LogP contribution is -2.38. The molecule has 1 heterocycles. The second-order valence-electron chi connectivity index (χ2n) is 7.15. The molecule has 25 heavy (non-hydrogen) atoms. The first kappa shape index (κ1) is 20.2. The van der Waals surface area contributed by atoms with Gasteiger partial charge in [0.1, 0.15) is 5.82 Å². The van der Waals surface area contributed by atoms with Gasteiger partial charge in [0.2, 0.25) is 0 Å². The predicted octanol–water partition coefficient (Wildman–Crippen LogP) is 5.01. The van der Waals surface area contributed by atoms with Gasteiger partial charge in [0.05, 0.1) is 5.92 Å². The standard InChI is InChI=1S/C20H29ClFNO2/c1-2-3-6-19(20(24)25)16-7-10-23(11-8-16)9-4-5-15-12-17(21)14-18(22)13-15/h12-14,16,19H,2-11H2,1H3,(H,24,25). The Labute approximate surface area is 155 Å². The summed E-state index contributed by atoms with van der Waals surface area (Å²) in [5.41, 5.74) is 0.936. The van der Waals surface area contributed by atoms with E-state index in [0.29, 0.717) is 10.9 Å². The number of halogens is 2. The van der Waals surface area contributed by atoms with Crippen molar-refractivity contribution in [2.75, 3.05) is 19.6 Å². The van der Waals surface area contributed by atoms with Gasteiger partial charge in [-0.25, -0.2) is 4.39 Å². The van der Waals surface area contributed by atoms with Crippen molar-refractivity contribution in [1.29, 1.82) is 0 Å². The largest absolute Gasteiger partial charge is 0.481 e. The topological polar surface area (TPSA) is 40.5 Å². The third kappa shape index (κ3) is 6.59. The monoisotopic (exact) mass is 369 g/mol. The van der Waals surface area contributed by atoms with Gasteiger partial charge in [-0.05, 0) is 81.4 Å². The van der Waals surface area contributed by atoms with Crippen LogP contribution in [0, 0.1) is 17.7 Å². The van der Waals surface area contributed by atoms with E-state index in [9.17, 15) is 14.3 Å². The number of aryl methyl sites for hydroxylation is 1. The Hall–Kier alpha value is -1.13. The second-order valence-corrected chi connectivity index (χ2v) is 7.58. The third-order valence-electron chi connectivity index (χ3n) is 5.25. The molecule has 1 unspecified atom stereocenters. The molecule has 1 N–H and O–H groups in total. The van der Waals surface area contributed by atoms with E-state index < -0.39 is 5.97 Å². The SMILES string of the molecule is CCCCC(C(=O)O)C1CCN(CCCc2cc(F)cc(Cl)c2)CC1. The van der Waals surface area contributed by atoms with Crippen molar-refractivity contribution in [3.63, 3.8) is 0 Å². The normalized spacial score (nSPS) is 17.6. The van der Waals surface area contributed by atoms with Crippen LogP contribution in [0.2, 0.25) is 5.02 Å². The van der Waals surface area contributed by atoms with Gasteiger partial charge < -0.3 is 10.0 Å². The number of unbranched alkanes of at least 4 members (excludes halogenated alkanes) is 1. The third-order valence-corrected chi connectivity index (χ3v) is 5.47. The van der Waals surface area contributed by atoms with Crippen LogP contribution >= 0.6 is 11.6 Å². The van der Waals surface area contributed by atoms with Crippen LogP contribution in [0.25, 0.3) is 0 Å². The van der Waals surface area contributed by atoms with Crippen LogP contribution in [-0.2, 0) is 11.2 Å². The average molecular weight is 370 g/mol. The molecule has 0 aromatic heterocycles. The van der Waals surface area contributed by atoms with E-state index in [1.165, 1.54) is 6.07 Å². The molecular weight excluding hydrogens is 341 g/mol. The molecule has 0 saturated carbocycles. The molecular formula is C20H29ClFNO2. The number of carbonyl (C=O) groups is 1. The van der Waals surface area contributed by atoms with Gasteiger partial charge in [-0.3, -0.25) is 4.79 Å². The first-order valence-corrected chi connectivity index (χ1v) is 9.77. The highest BCUT2D eigenvalue weighted by Crippen LogP contribution is 2.29. The minimum Gasteiger partial charge on any atom is -0.481 e. The van der Waals surface area contributed by atoms with Crippen molar-refractivity contribution in [3.05, 3.63) is 34.6 Å². The fourth-order valence-electron chi connectivity index (χ4n) is 3.83. The van der Waals surface area contributed by atoms with E-state index in [4.69, 9.17) is 11.6 Å². The maximum absolute atomic E-state index is 13.3. The number of likely N-dealkylation sites (tertiary alicyclic amines) is 1. The fourth-order valence-corrected chi connectivity index (χ4v) is 4.07. The van der Waals surface area contributed by atoms with Gasteiger partial charge in [-0.15, -0.1) is 0 Å². The van der Waals surface area contributed by atoms with Crippen molar-refractivity contribution in [2.45, 2.75) is 51.9 Å². The molecule has 1 aliphatic rings. The Balaban J connectivity index is 1.73. The lowest BCUT2D eigenvalue weighted by molar-refractivity contribution is -0.144. The lowest BCUT2D eigenvalue weighted by Gasteiger charge is -2.34. The van der Waals surface area contributed by atoms with E-state index in [0.717, 1.165) is 70.1 Å². The molecule has 0 spiro atoms. The lowest BCUT2D eigenvalue weighted by atomic mass is 9.81. The summed E-state index contributed by atoms with van der Waals surface area (Å²) in [7, 11) is 0. The van der Waals surface area contributed by atoms with Gasteiger partial charge in [0, 0.05) is 5.02 Å². The van der Waals surface area contributed by atoms with Crippen LogP contribution in [0.5, 0.6) is 0 Å². The number of rotatable bonds is 9. The van der Waals surface area contributed by atoms with Gasteiger partial charge in [-0.2, -0.15) is 0 Å². The Kier molecular flexibility index (Phi) is 8.17. The summed E-state index contributed by atoms with van der Waals surface area (Å²) in [6, 6.07) is 4.69. The van der Waals surface area contributed by atoms with E-state index in [1.807, 2.05) is 6.07 Å². The highest BCUT2D eigenvalue weighted by molar-refractivity contribution is 6.30. The van der Waals surface area contributed by atoms with E-state index in [-0.39, 0.29) is 11.7 Å². The van der Waals surface area contributed by atoms with Crippen molar-refractivity contribution in [2.24, 2.45) is 11.8 Å². The first-order valence-electron chi connectivity index (χ1n) is 9.39. The number of benzene rings is 1. The molecule has 1 fully saturated rings. The Morgan fingerprint density at radius 2 is 2.04 bits per heavy atom. The molecule has 3 nitrogen and oxygen atoms in total. The molecule has 0 radical (unpaired) electrons. The van der Waals surface area contributed by atoms with Crippen molar-refractivity contribution >= 4 is 17.6 Å². The fraction of sp³-hybridized carbons (Fsp3) is 0.650. The van der Waals surface area contributed by atoms with Gasteiger partial charge >= 0.3 is 5.97 Å². The quantitative estimate of drug-likeness (QED) is 0.664. The zero-order valence-electron chi connectivity index (χ0n) is 15.0. The smallest absolute Gasteiger partial charge is 0.306 e. The maximum atomic E-state index is 13.3. The molecule has 0 aliphatic carbocycles. The van der Waals surface area contributed by atoms with Crippen LogP contribution in [0.3, 0.4) is 0 Å². The summed E-state index contributed by atoms with van der Waals surface area (Å²) in [6.07, 6.45) is 6.55. The van der Waals surface area contributed by atoms with E-state index in [1.54, 1.807) is 6.07 Å². The van der Waals surface area contributed by atoms with Gasteiger partial charge in [0.25, 0.3) is 0 Å². The van der Waals surface area contributed by atoms with Crippen LogP contribution in [0.15, 0.2) is 18.2 Å². The van der Waals surface area contributed by atoms with Gasteiger partial charge in [-0.1, -0.05) is 31.4 Å². The summed E-state index contributed by atoms with van der Waals surface area (Å²) < 4.78 is 13.3. The number of hydrogen-bond donors (Lipinski definition) is 1. The molecule has 1 atom stereocenters. The molecule has 1 aromatic rings. The zero-order chi connectivity index (χ0) is 18.2. The second kappa shape index (κ2) is 10.1. The first-order chi connectivity index (χ1) is 12.0. The Morgan fingerprint density at radius 1 is 1.32 bits per heavy atom. The minimum atomic E-state index is -0.630. The highest BCUT2D eigenvalue weighted by Gasteiger charge is 2.30. The Bertz CT molecular complexity index is 538. The summed E-state index contributed by atoms with van der Waals surface area (Å²) in [4.78, 5) is 13.9. The summed E-state index contributed by atoms with van der Waals surface area (Å²) >= 11 is 5.89. The number of carboxylic acid groups (broad SMARTS) is 1. The van der Waals surface area contributed by atoms with Crippen molar-refractivity contribution < 1.29 is 14.3 Å². The average Bonchev–Trinajstić information content (AvgIpc) is 2.55. The predicted molar refractivity (Wildman–Crippen MR) is 99.5 cm³/mol. The molecule has 2 rings (SSSR count). The molecule has 1 saturated heterocycles. The summed E-state index contributed by atoms with van der Waals surface area (Å²) in [5.74, 6) is -0.788. The van der Waals surface area contributed by atoms with Crippen LogP contribution in [0.4, 0.5) is 4.39 Å². The number of aliphatic carboxylic acids is 1. The van der Waals surface area contributed by atoms with Crippen LogP contribution in [-0.4, -0.2) is 35.6 Å². The molecule has 5 heteroatoms. The van der Waals surface area contributed by atoms with E-state index >= 15 is 0 Å². The highest BCUT2D eigenvalue weighted by atomic mass is 35.5. The molecule has 0 amide bonds. The molecule has 140 valence electrons. The molecule has 1 aromatic carbocycles. The van der Waals surface area contributed by atoms with Crippen LogP contribution < -0.4 is 0 Å². The van der Waals surface area contributed by atoms with E-state index in [2.05, 4.69) is 11.8 Å². The van der Waals surface area contributed by atoms with Crippen LogP contribution in [0.1, 0.15) is 51.0 Å². The van der Waals surface area contributed by atoms with Gasteiger partial charge in [0.15, 0.2) is 0 Å². The number of piperidine rings is 1.